The van der Waals surface area contributed by atoms with Crippen molar-refractivity contribution in [3.63, 3.8) is 0 Å². The second-order valence-electron chi connectivity index (χ2n) is 8.24. The number of carbonyl (C=O) groups is 2. The summed E-state index contributed by atoms with van der Waals surface area (Å²) in [4.78, 5) is 26.4. The van der Waals surface area contributed by atoms with Crippen LogP contribution >= 0.6 is 0 Å². The highest BCUT2D eigenvalue weighted by atomic mass is 16.3. The van der Waals surface area contributed by atoms with Crippen LogP contribution in [0.1, 0.15) is 51.9 Å². The van der Waals surface area contributed by atoms with Crippen molar-refractivity contribution in [1.82, 2.24) is 10.2 Å². The van der Waals surface area contributed by atoms with Crippen molar-refractivity contribution in [2.45, 2.75) is 57.9 Å². The zero-order valence-corrected chi connectivity index (χ0v) is 14.4. The highest BCUT2D eigenvalue weighted by molar-refractivity contribution is 5.84. The van der Waals surface area contributed by atoms with Crippen LogP contribution in [0.5, 0.6) is 0 Å². The highest BCUT2D eigenvalue weighted by Gasteiger charge is 2.54. The Hall–Kier alpha value is -1.10. The summed E-state index contributed by atoms with van der Waals surface area (Å²) >= 11 is 0. The van der Waals surface area contributed by atoms with Crippen molar-refractivity contribution >= 4 is 11.8 Å². The van der Waals surface area contributed by atoms with Gasteiger partial charge in [0, 0.05) is 25.4 Å². The van der Waals surface area contributed by atoms with Crippen molar-refractivity contribution < 1.29 is 14.7 Å². The minimum absolute atomic E-state index is 0.0302. The Morgan fingerprint density at radius 3 is 2.17 bits per heavy atom. The quantitative estimate of drug-likeness (QED) is 0.779. The molecule has 4 fully saturated rings. The van der Waals surface area contributed by atoms with Crippen molar-refractivity contribution in [3.05, 3.63) is 0 Å². The van der Waals surface area contributed by atoms with E-state index >= 15 is 0 Å². The summed E-state index contributed by atoms with van der Waals surface area (Å²) in [7, 11) is 1.70. The Morgan fingerprint density at radius 2 is 1.70 bits per heavy atom. The Bertz CT molecular complexity index is 442. The van der Waals surface area contributed by atoms with Gasteiger partial charge in [-0.15, -0.1) is 0 Å². The van der Waals surface area contributed by atoms with Gasteiger partial charge in [0.15, 0.2) is 0 Å². The van der Waals surface area contributed by atoms with E-state index in [0.29, 0.717) is 13.0 Å². The minimum Gasteiger partial charge on any atom is -0.394 e. The molecule has 1 atom stereocenters. The number of carbonyl (C=O) groups excluding carboxylic acids is 2. The Labute approximate surface area is 138 Å². The number of hydrogen-bond donors (Lipinski definition) is 2. The Morgan fingerprint density at radius 1 is 1.17 bits per heavy atom. The fraction of sp³-hybridized carbons (Fsp3) is 0.889. The van der Waals surface area contributed by atoms with Crippen LogP contribution in [0, 0.1) is 23.2 Å². The van der Waals surface area contributed by atoms with Gasteiger partial charge in [0.2, 0.25) is 11.8 Å². The van der Waals surface area contributed by atoms with E-state index in [9.17, 15) is 9.59 Å². The molecule has 0 aromatic carbocycles. The van der Waals surface area contributed by atoms with Gasteiger partial charge in [-0.3, -0.25) is 9.59 Å². The molecule has 0 spiro atoms. The summed E-state index contributed by atoms with van der Waals surface area (Å²) in [5.74, 6) is 2.42. The van der Waals surface area contributed by atoms with E-state index in [1.807, 2.05) is 6.92 Å². The zero-order valence-electron chi connectivity index (χ0n) is 14.4. The van der Waals surface area contributed by atoms with Crippen LogP contribution in [0.15, 0.2) is 0 Å². The van der Waals surface area contributed by atoms with Gasteiger partial charge in [0.1, 0.15) is 0 Å². The first kappa shape index (κ1) is 16.7. The van der Waals surface area contributed by atoms with Crippen molar-refractivity contribution in [1.29, 1.82) is 0 Å². The van der Waals surface area contributed by atoms with Crippen LogP contribution in [0.25, 0.3) is 0 Å². The van der Waals surface area contributed by atoms with E-state index in [1.54, 1.807) is 11.9 Å². The third kappa shape index (κ3) is 3.25. The average molecular weight is 322 g/mol. The normalized spacial score (nSPS) is 35.9. The summed E-state index contributed by atoms with van der Waals surface area (Å²) in [6.45, 7) is 2.18. The monoisotopic (exact) mass is 322 g/mol. The topological polar surface area (TPSA) is 69.6 Å². The van der Waals surface area contributed by atoms with Crippen LogP contribution in [0.2, 0.25) is 0 Å². The van der Waals surface area contributed by atoms with Gasteiger partial charge in [-0.05, 0) is 63.2 Å². The van der Waals surface area contributed by atoms with Gasteiger partial charge in [-0.25, -0.2) is 0 Å². The molecule has 5 nitrogen and oxygen atoms in total. The zero-order chi connectivity index (χ0) is 16.6. The number of nitrogens with zero attached hydrogens (tertiary/aromatic N) is 1. The Balaban J connectivity index is 1.49. The number of amides is 2. The lowest BCUT2D eigenvalue weighted by Crippen LogP contribution is -2.53. The van der Waals surface area contributed by atoms with Crippen molar-refractivity contribution in [3.8, 4) is 0 Å². The Kier molecular flexibility index (Phi) is 4.68. The summed E-state index contributed by atoms with van der Waals surface area (Å²) in [5.41, 5.74) is -0.137. The van der Waals surface area contributed by atoms with E-state index in [-0.39, 0.29) is 29.9 Å². The smallest absolute Gasteiger partial charge is 0.226 e. The fourth-order valence-corrected chi connectivity index (χ4v) is 5.40. The van der Waals surface area contributed by atoms with Crippen LogP contribution in [0.3, 0.4) is 0 Å². The minimum atomic E-state index is -0.179. The molecule has 4 aliphatic rings. The summed E-state index contributed by atoms with van der Waals surface area (Å²) < 4.78 is 0. The predicted molar refractivity (Wildman–Crippen MR) is 87.5 cm³/mol. The van der Waals surface area contributed by atoms with Crippen LogP contribution in [-0.2, 0) is 9.59 Å². The van der Waals surface area contributed by atoms with Crippen LogP contribution in [-0.4, -0.2) is 48.1 Å². The molecule has 23 heavy (non-hydrogen) atoms. The van der Waals surface area contributed by atoms with Gasteiger partial charge < -0.3 is 15.3 Å². The number of hydrogen-bond acceptors (Lipinski definition) is 3. The third-order valence-corrected chi connectivity index (χ3v) is 6.46. The molecule has 2 N–H and O–H groups in total. The van der Waals surface area contributed by atoms with Gasteiger partial charge in [0.05, 0.1) is 12.6 Å². The maximum atomic E-state index is 12.8. The molecule has 0 aliphatic heterocycles. The lowest BCUT2D eigenvalue weighted by Gasteiger charge is -2.55. The largest absolute Gasteiger partial charge is 0.394 e. The first-order valence-electron chi connectivity index (χ1n) is 9.08. The molecule has 0 heterocycles. The second-order valence-corrected chi connectivity index (χ2v) is 8.24. The lowest BCUT2D eigenvalue weighted by atomic mass is 9.49. The number of aliphatic hydroxyl groups is 1. The van der Waals surface area contributed by atoms with Crippen molar-refractivity contribution in [2.24, 2.45) is 23.2 Å². The van der Waals surface area contributed by atoms with E-state index in [2.05, 4.69) is 5.32 Å². The fourth-order valence-electron chi connectivity index (χ4n) is 5.40. The molecular formula is C18H30N2O3. The molecule has 0 aromatic heterocycles. The summed E-state index contributed by atoms with van der Waals surface area (Å²) in [6, 6.07) is -0.179. The molecule has 4 bridgehead atoms. The van der Waals surface area contributed by atoms with E-state index in [4.69, 9.17) is 5.11 Å². The molecule has 4 saturated carbocycles. The van der Waals surface area contributed by atoms with E-state index < -0.39 is 0 Å². The molecule has 0 aromatic rings. The number of likely N-dealkylation sites (N-methyl/N-ethyl adjacent to an activating group) is 1. The number of nitrogens with one attached hydrogen (secondary N) is 1. The SMILES string of the molecule is CC(CO)N(C)C(=O)CCNC(=O)C12CC3CC(CC(C3)C1)C2. The third-order valence-electron chi connectivity index (χ3n) is 6.46. The molecule has 130 valence electrons. The van der Waals surface area contributed by atoms with E-state index in [1.165, 1.54) is 19.3 Å². The van der Waals surface area contributed by atoms with Gasteiger partial charge in [0.25, 0.3) is 0 Å². The molecule has 0 saturated heterocycles. The maximum absolute atomic E-state index is 12.8. The van der Waals surface area contributed by atoms with Crippen LogP contribution in [0.4, 0.5) is 0 Å². The molecular weight excluding hydrogens is 292 g/mol. The highest BCUT2D eigenvalue weighted by Crippen LogP contribution is 2.60. The second kappa shape index (κ2) is 6.42. The maximum Gasteiger partial charge on any atom is 0.226 e. The van der Waals surface area contributed by atoms with Crippen molar-refractivity contribution in [2.75, 3.05) is 20.2 Å². The summed E-state index contributed by atoms with van der Waals surface area (Å²) in [6.07, 6.45) is 7.46. The van der Waals surface area contributed by atoms with Gasteiger partial charge >= 0.3 is 0 Å². The predicted octanol–water partition coefficient (Wildman–Crippen LogP) is 1.55. The number of aliphatic hydroxyl groups excluding tert-OH is 1. The molecule has 4 aliphatic carbocycles. The standard InChI is InChI=1S/C18H30N2O3/c1-12(11-21)20(2)16(22)3-4-19-17(23)18-8-13-5-14(9-18)7-15(6-13)10-18/h12-15,21H,3-11H2,1-2H3,(H,19,23). The lowest BCUT2D eigenvalue weighted by molar-refractivity contribution is -0.146. The molecule has 2 amide bonds. The summed E-state index contributed by atoms with van der Waals surface area (Å²) in [5, 5.41) is 12.1. The molecule has 4 rings (SSSR count). The number of rotatable bonds is 6. The van der Waals surface area contributed by atoms with Crippen LogP contribution < -0.4 is 5.32 Å². The molecule has 0 radical (unpaired) electrons. The van der Waals surface area contributed by atoms with Gasteiger partial charge in [-0.2, -0.15) is 0 Å². The van der Waals surface area contributed by atoms with Gasteiger partial charge in [-0.1, -0.05) is 0 Å². The van der Waals surface area contributed by atoms with E-state index in [0.717, 1.165) is 37.0 Å². The first-order valence-corrected chi connectivity index (χ1v) is 9.08. The molecule has 5 heteroatoms. The average Bonchev–Trinajstić information content (AvgIpc) is 2.51. The first-order chi connectivity index (χ1) is 10.9. The molecule has 1 unspecified atom stereocenters.